The van der Waals surface area contributed by atoms with Crippen molar-refractivity contribution in [1.82, 2.24) is 0 Å². The Hall–Kier alpha value is -1.06. The smallest absolute Gasteiger partial charge is 0.185 e. The van der Waals surface area contributed by atoms with Crippen LogP contribution in [0.5, 0.6) is 0 Å². The number of rotatable bonds is 0. The molecule has 0 bridgehead atoms. The molecule has 2 heteroatoms. The first-order valence-electron chi connectivity index (χ1n) is 1.08. The van der Waals surface area contributed by atoms with Gasteiger partial charge in [0.2, 0.25) is 0 Å². The molecule has 0 aliphatic heterocycles. The third kappa shape index (κ3) is 2.94. The van der Waals surface area contributed by atoms with Gasteiger partial charge in [0.15, 0.2) is 0 Å². The van der Waals surface area contributed by atoms with Gasteiger partial charge in [0, 0.05) is 0 Å². The van der Waals surface area contributed by atoms with Crippen molar-refractivity contribution in [3.8, 4) is 0 Å². The van der Waals surface area contributed by atoms with Gasteiger partial charge in [0.25, 0.3) is 0 Å². The molecule has 0 saturated carbocycles. The Morgan fingerprint density at radius 3 is 1.60 bits per heavy atom. The summed E-state index contributed by atoms with van der Waals surface area (Å²) in [6, 6.07) is 0. The number of hydrogen-bond acceptors (Lipinski definition) is 2. The average molecular weight is 68.1 g/mol. The van der Waals surface area contributed by atoms with Crippen LogP contribution in [-0.2, 0) is 0 Å². The highest BCUT2D eigenvalue weighted by Crippen LogP contribution is 1.35. The van der Waals surface area contributed by atoms with Gasteiger partial charge in [-0.15, -0.1) is 0 Å². The van der Waals surface area contributed by atoms with Gasteiger partial charge < -0.3 is 0 Å². The van der Waals surface area contributed by atoms with E-state index in [9.17, 15) is 0 Å². The summed E-state index contributed by atoms with van der Waals surface area (Å²) in [7, 11) is 0. The summed E-state index contributed by atoms with van der Waals surface area (Å²) in [5.74, 6) is 0. The molecular weight excluding hydrogens is 64.0 g/mol. The molecule has 0 rings (SSSR count). The lowest BCUT2D eigenvalue weighted by Gasteiger charge is -1.15. The molecule has 0 aliphatic carbocycles. The maximum atomic E-state index is 4.64. The van der Waals surface area contributed by atoms with Crippen LogP contribution in [0.15, 0.2) is 5.73 Å². The zero-order valence-corrected chi connectivity index (χ0v) is 2.65. The normalized spacial score (nSPS) is 3.20. The fourth-order valence-corrected chi connectivity index (χ4v) is 0.0417. The van der Waals surface area contributed by atoms with E-state index in [1.54, 1.807) is 0 Å². The highest BCUT2D eigenvalue weighted by Gasteiger charge is 1.79. The van der Waals surface area contributed by atoms with Crippen LogP contribution in [0.2, 0.25) is 0 Å². The van der Waals surface area contributed by atoms with Gasteiger partial charge in [0.05, 0.1) is 0 Å². The van der Waals surface area contributed by atoms with E-state index in [0.717, 1.165) is 0 Å². The fourth-order valence-electron chi connectivity index (χ4n) is 0.0417. The number of hydrogen-bond donors (Lipinski definition) is 2. The molecule has 0 amide bonds. The van der Waals surface area contributed by atoms with Gasteiger partial charge in [-0.25, -0.2) is 0 Å². The van der Waals surface area contributed by atoms with Crippen LogP contribution in [0.4, 0.5) is 0 Å². The van der Waals surface area contributed by atoms with Gasteiger partial charge in [-0.1, -0.05) is 0 Å². The molecule has 0 atom stereocenters. The third-order valence-electron chi connectivity index (χ3n) is 0.144. The maximum Gasteiger partial charge on any atom is 0.520 e. The van der Waals surface area contributed by atoms with E-state index in [2.05, 4.69) is 17.2 Å². The summed E-state index contributed by atoms with van der Waals surface area (Å²) in [6.07, 6.45) is 4.06. The van der Waals surface area contributed by atoms with Crippen LogP contribution < -0.4 is 11.5 Å². The highest BCUT2D eigenvalue weighted by atomic mass is 14.5. The highest BCUT2D eigenvalue weighted by molar-refractivity contribution is 4.60. The van der Waals surface area contributed by atoms with Crippen molar-refractivity contribution in [2.75, 3.05) is 0 Å². The minimum absolute atomic E-state index is 2.03. The Morgan fingerprint density at radius 2 is 1.60 bits per heavy atom. The van der Waals surface area contributed by atoms with Crippen LogP contribution in [0.1, 0.15) is 0 Å². The quantitative estimate of drug-likeness (QED) is 0.220. The zero-order chi connectivity index (χ0) is 4.12. The minimum atomic E-state index is 2.03. The van der Waals surface area contributed by atoms with Crippen LogP contribution in [0, 0.1) is 12.4 Å². The molecule has 0 fully saturated rings. The summed E-state index contributed by atoms with van der Waals surface area (Å²) in [4.78, 5) is 0. The Kier molecular flexibility index (Phi) is 2.32. The topological polar surface area (TPSA) is 52.0 Å². The Labute approximate surface area is 30.8 Å². The molecule has 0 saturated heterocycles. The first-order chi connectivity index (χ1) is 2.41. The standard InChI is InChI=1S/C3H4N2/c4-2-1-3-5/h4-5H2/q+2. The van der Waals surface area contributed by atoms with Crippen LogP contribution >= 0.6 is 0 Å². The first-order valence-corrected chi connectivity index (χ1v) is 1.08. The van der Waals surface area contributed by atoms with Gasteiger partial charge in [0.1, 0.15) is 0 Å². The van der Waals surface area contributed by atoms with Crippen LogP contribution in [0.3, 0.4) is 0 Å². The largest absolute Gasteiger partial charge is 0.520 e. The molecule has 0 radical (unpaired) electrons. The van der Waals surface area contributed by atoms with Crippen molar-refractivity contribution in [2.45, 2.75) is 0 Å². The molecule has 0 spiro atoms. The Bertz CT molecular complexity index is 53.3. The molecule has 0 aliphatic rings. The predicted molar refractivity (Wildman–Crippen MR) is 18.4 cm³/mol. The van der Waals surface area contributed by atoms with E-state index in [0.29, 0.717) is 0 Å². The molecular formula is C3H4N2+2. The molecule has 2 nitrogen and oxygen atoms in total. The number of nitrogens with two attached hydrogens (primary N) is 2. The van der Waals surface area contributed by atoms with E-state index in [1.807, 2.05) is 12.4 Å². The maximum absolute atomic E-state index is 4.64. The molecule has 0 aromatic carbocycles. The summed E-state index contributed by atoms with van der Waals surface area (Å²) < 4.78 is 0. The lowest BCUT2D eigenvalue weighted by atomic mass is 10.8. The van der Waals surface area contributed by atoms with Gasteiger partial charge >= 0.3 is 18.1 Å². The molecule has 0 aromatic heterocycles. The summed E-state index contributed by atoms with van der Waals surface area (Å²) in [6.45, 7) is 0. The lowest BCUT2D eigenvalue weighted by molar-refractivity contribution is 1.48. The van der Waals surface area contributed by atoms with Crippen LogP contribution in [0.25, 0.3) is 0 Å². The Balaban J connectivity index is 3.26. The van der Waals surface area contributed by atoms with Crippen molar-refractivity contribution in [2.24, 2.45) is 11.5 Å². The van der Waals surface area contributed by atoms with Crippen molar-refractivity contribution >= 4 is 0 Å². The first kappa shape index (κ1) is 3.94. The van der Waals surface area contributed by atoms with E-state index in [-0.39, 0.29) is 0 Å². The second kappa shape index (κ2) is 2.94. The molecule has 4 N–H and O–H groups in total. The SMILES string of the molecule is N[C+]=C=[C+]N. The second-order valence-electron chi connectivity index (χ2n) is 0.414. The third-order valence-corrected chi connectivity index (χ3v) is 0.144. The van der Waals surface area contributed by atoms with Crippen molar-refractivity contribution < 1.29 is 0 Å². The van der Waals surface area contributed by atoms with Crippen LogP contribution in [-0.4, -0.2) is 0 Å². The molecule has 0 unspecified atom stereocenters. The fraction of sp³-hybridized carbons (Fsp3) is 0. The zero-order valence-electron chi connectivity index (χ0n) is 2.65. The van der Waals surface area contributed by atoms with Crippen molar-refractivity contribution in [1.29, 1.82) is 0 Å². The second-order valence-corrected chi connectivity index (χ2v) is 0.414. The summed E-state index contributed by atoms with van der Waals surface area (Å²) in [5, 5.41) is 0. The van der Waals surface area contributed by atoms with Gasteiger partial charge in [-0.2, -0.15) is 11.5 Å². The monoisotopic (exact) mass is 68.0 g/mol. The molecule has 5 heavy (non-hydrogen) atoms. The summed E-state index contributed by atoms with van der Waals surface area (Å²) in [5.41, 5.74) is 11.4. The summed E-state index contributed by atoms with van der Waals surface area (Å²) >= 11 is 0. The van der Waals surface area contributed by atoms with E-state index in [4.69, 9.17) is 0 Å². The van der Waals surface area contributed by atoms with E-state index < -0.39 is 0 Å². The van der Waals surface area contributed by atoms with Gasteiger partial charge in [-0.3, -0.25) is 0 Å². The van der Waals surface area contributed by atoms with E-state index >= 15 is 0 Å². The lowest BCUT2D eigenvalue weighted by Crippen LogP contribution is -1.77. The molecule has 24 valence electrons. The molecule has 0 heterocycles. The minimum Gasteiger partial charge on any atom is -0.185 e. The van der Waals surface area contributed by atoms with Gasteiger partial charge in [-0.05, 0) is 0 Å². The van der Waals surface area contributed by atoms with Crippen molar-refractivity contribution in [3.63, 3.8) is 0 Å². The van der Waals surface area contributed by atoms with E-state index in [1.165, 1.54) is 0 Å². The predicted octanol–water partition coefficient (Wildman–Crippen LogP) is -0.864. The Morgan fingerprint density at radius 1 is 1.20 bits per heavy atom. The van der Waals surface area contributed by atoms with Crippen molar-refractivity contribution in [3.05, 3.63) is 18.1 Å². The molecule has 0 aromatic rings. The average Bonchev–Trinajstić information content (AvgIpc) is 1.41.